The summed E-state index contributed by atoms with van der Waals surface area (Å²) in [7, 11) is 3.75. The zero-order valence-corrected chi connectivity index (χ0v) is 26.0. The summed E-state index contributed by atoms with van der Waals surface area (Å²) in [6.45, 7) is 24.1. The molecule has 0 saturated carbocycles. The molecule has 38 heavy (non-hydrogen) atoms. The highest BCUT2D eigenvalue weighted by molar-refractivity contribution is 5.93. The Hall–Kier alpha value is -2.62. The lowest BCUT2D eigenvalue weighted by Gasteiger charge is -2.30. The van der Waals surface area contributed by atoms with Gasteiger partial charge in [0.05, 0.1) is 6.61 Å². The molecule has 0 aromatic heterocycles. The van der Waals surface area contributed by atoms with Gasteiger partial charge in [0.15, 0.2) is 11.6 Å². The molecule has 0 aliphatic carbocycles. The second-order valence-electron chi connectivity index (χ2n) is 8.90. The Morgan fingerprint density at radius 3 is 2.13 bits per heavy atom. The molecule has 0 radical (unpaired) electrons. The highest BCUT2D eigenvalue weighted by Gasteiger charge is 2.18. The Bertz CT molecular complexity index is 748. The third kappa shape index (κ3) is 28.0. The Balaban J connectivity index is -0.000000442. The van der Waals surface area contributed by atoms with Crippen molar-refractivity contribution in [1.29, 1.82) is 0 Å². The number of allylic oxidation sites excluding steroid dienone is 4. The molecule has 6 heteroatoms. The van der Waals surface area contributed by atoms with Crippen LogP contribution in [0.2, 0.25) is 0 Å². The average molecular weight is 537 g/mol. The van der Waals surface area contributed by atoms with Crippen molar-refractivity contribution in [3.63, 3.8) is 0 Å². The van der Waals surface area contributed by atoms with Gasteiger partial charge in [-0.2, -0.15) is 0 Å². The van der Waals surface area contributed by atoms with E-state index in [4.69, 9.17) is 0 Å². The van der Waals surface area contributed by atoms with Crippen LogP contribution >= 0.6 is 0 Å². The SMILES string of the molecule is C#CC.C=C/C(F)=C(O)\C=C(/C)C(=O)NC(C)CC(CCC)N(C)C/C=C(\C)CC.C=CCOC.CCC. The number of amides is 1. The predicted molar refractivity (Wildman–Crippen MR) is 165 cm³/mol. The van der Waals surface area contributed by atoms with Gasteiger partial charge in [-0.3, -0.25) is 9.69 Å². The maximum absolute atomic E-state index is 13.2. The summed E-state index contributed by atoms with van der Waals surface area (Å²) < 4.78 is 17.8. The van der Waals surface area contributed by atoms with Crippen LogP contribution in [0.1, 0.15) is 87.5 Å². The van der Waals surface area contributed by atoms with Gasteiger partial charge in [-0.25, -0.2) is 4.39 Å². The van der Waals surface area contributed by atoms with Gasteiger partial charge in [-0.05, 0) is 66.2 Å². The van der Waals surface area contributed by atoms with Crippen molar-refractivity contribution in [2.24, 2.45) is 0 Å². The van der Waals surface area contributed by atoms with Gasteiger partial charge < -0.3 is 15.2 Å². The molecule has 0 spiro atoms. The van der Waals surface area contributed by atoms with Crippen LogP contribution in [0.15, 0.2) is 60.2 Å². The minimum Gasteiger partial charge on any atom is -0.505 e. The number of terminal acetylenes is 1. The summed E-state index contributed by atoms with van der Waals surface area (Å²) in [6, 6.07) is 0.327. The minimum atomic E-state index is -0.852. The first-order valence-corrected chi connectivity index (χ1v) is 13.4. The molecule has 2 atom stereocenters. The first kappa shape index (κ1) is 42.5. The van der Waals surface area contributed by atoms with E-state index in [0.717, 1.165) is 44.4 Å². The number of methoxy groups -OCH3 is 1. The molecule has 1 amide bonds. The maximum Gasteiger partial charge on any atom is 0.247 e. The summed E-state index contributed by atoms with van der Waals surface area (Å²) >= 11 is 0. The minimum absolute atomic E-state index is 0.0357. The number of halogens is 1. The van der Waals surface area contributed by atoms with E-state index in [1.807, 2.05) is 6.92 Å². The summed E-state index contributed by atoms with van der Waals surface area (Å²) in [5, 5.41) is 12.5. The second kappa shape index (κ2) is 30.6. The number of likely N-dealkylation sites (N-methyl/N-ethyl adjacent to an activating group) is 1. The lowest BCUT2D eigenvalue weighted by Crippen LogP contribution is -2.41. The molecule has 2 N–H and O–H groups in total. The van der Waals surface area contributed by atoms with Gasteiger partial charge in [0.1, 0.15) is 0 Å². The lowest BCUT2D eigenvalue weighted by atomic mass is 10.0. The molecule has 0 saturated heterocycles. The van der Waals surface area contributed by atoms with Crippen molar-refractivity contribution in [3.8, 4) is 12.3 Å². The molecule has 0 heterocycles. The molecule has 0 aromatic carbocycles. The number of aliphatic hydroxyl groups excluding tert-OH is 1. The van der Waals surface area contributed by atoms with Crippen LogP contribution in [0, 0.1) is 12.3 Å². The van der Waals surface area contributed by atoms with E-state index in [2.05, 4.69) is 88.2 Å². The Morgan fingerprint density at radius 1 is 1.24 bits per heavy atom. The number of aliphatic hydroxyl groups is 1. The number of hydrogen-bond acceptors (Lipinski definition) is 4. The van der Waals surface area contributed by atoms with Gasteiger partial charge in [0.2, 0.25) is 5.91 Å². The van der Waals surface area contributed by atoms with E-state index in [-0.39, 0.29) is 17.5 Å². The number of nitrogens with one attached hydrogen (secondary N) is 1. The van der Waals surface area contributed by atoms with Gasteiger partial charge >= 0.3 is 0 Å². The van der Waals surface area contributed by atoms with Gasteiger partial charge in [0.25, 0.3) is 0 Å². The van der Waals surface area contributed by atoms with Crippen molar-refractivity contribution in [1.82, 2.24) is 10.2 Å². The first-order valence-electron chi connectivity index (χ1n) is 13.4. The fraction of sp³-hybridized carbons (Fsp3) is 0.594. The van der Waals surface area contributed by atoms with Crippen molar-refractivity contribution < 1.29 is 19.0 Å². The largest absolute Gasteiger partial charge is 0.505 e. The molecule has 0 aromatic rings. The zero-order valence-electron chi connectivity index (χ0n) is 26.0. The standard InChI is InChI=1S/C22H37FN2O2.C4H8O.C3H8.C3H4/c1-8-11-19(25(7)13-12-16(4)9-2)15-18(6)24-22(27)17(5)14-21(26)20(23)10-3;1-3-4-5-2;2*1-3-2/h10,12,14,18-19,26H,3,8-9,11,13,15H2,1-2,4-7H3,(H,24,27);3H,1,4H2,2H3;3H2,1-2H3;1H,2H3/b16-12+,17-14+,21-20-;;;. The van der Waals surface area contributed by atoms with Crippen LogP contribution in [0.4, 0.5) is 4.39 Å². The highest BCUT2D eigenvalue weighted by atomic mass is 19.1. The maximum atomic E-state index is 13.2. The van der Waals surface area contributed by atoms with E-state index in [1.54, 1.807) is 27.0 Å². The molecule has 0 rings (SSSR count). The quantitative estimate of drug-likeness (QED) is 0.0774. The molecular weight excluding hydrogens is 479 g/mol. The van der Waals surface area contributed by atoms with Gasteiger partial charge in [-0.15, -0.1) is 18.9 Å². The molecule has 2 unspecified atom stereocenters. The summed E-state index contributed by atoms with van der Waals surface area (Å²) in [6.07, 6.45) is 15.8. The fourth-order valence-electron chi connectivity index (χ4n) is 2.81. The molecule has 0 aliphatic rings. The summed E-state index contributed by atoms with van der Waals surface area (Å²) in [5.74, 6) is 0.493. The number of nitrogens with zero attached hydrogens (tertiary/aromatic N) is 1. The number of carbonyl (C=O) groups excluding carboxylic acids is 1. The van der Waals surface area contributed by atoms with Crippen molar-refractivity contribution in [2.45, 2.75) is 99.6 Å². The van der Waals surface area contributed by atoms with Crippen LogP contribution < -0.4 is 5.32 Å². The highest BCUT2D eigenvalue weighted by Crippen LogP contribution is 2.14. The number of carbonyl (C=O) groups is 1. The van der Waals surface area contributed by atoms with Crippen LogP contribution in [-0.4, -0.2) is 55.3 Å². The lowest BCUT2D eigenvalue weighted by molar-refractivity contribution is -0.118. The van der Waals surface area contributed by atoms with E-state index in [9.17, 15) is 14.3 Å². The van der Waals surface area contributed by atoms with E-state index < -0.39 is 11.6 Å². The Morgan fingerprint density at radius 2 is 1.76 bits per heavy atom. The first-order chi connectivity index (χ1) is 17.9. The van der Waals surface area contributed by atoms with Gasteiger partial charge in [0, 0.05) is 31.3 Å². The zero-order chi connectivity index (χ0) is 30.5. The molecule has 0 fully saturated rings. The number of hydrogen-bond donors (Lipinski definition) is 2. The van der Waals surface area contributed by atoms with Crippen molar-refractivity contribution >= 4 is 5.91 Å². The third-order valence-corrected chi connectivity index (χ3v) is 4.95. The molecule has 0 bridgehead atoms. The molecule has 0 aliphatic heterocycles. The monoisotopic (exact) mass is 536 g/mol. The van der Waals surface area contributed by atoms with Crippen LogP contribution in [0.3, 0.4) is 0 Å². The second-order valence-corrected chi connectivity index (χ2v) is 8.90. The van der Waals surface area contributed by atoms with Crippen molar-refractivity contribution in [3.05, 3.63) is 60.2 Å². The number of ether oxygens (including phenoxy) is 1. The third-order valence-electron chi connectivity index (χ3n) is 4.95. The topological polar surface area (TPSA) is 61.8 Å². The van der Waals surface area contributed by atoms with E-state index in [1.165, 1.54) is 12.0 Å². The van der Waals surface area contributed by atoms with Gasteiger partial charge in [-0.1, -0.05) is 64.8 Å². The smallest absolute Gasteiger partial charge is 0.247 e. The van der Waals surface area contributed by atoms with Crippen LogP contribution in [0.5, 0.6) is 0 Å². The molecular formula is C32H57FN2O3. The fourth-order valence-corrected chi connectivity index (χ4v) is 2.81. The number of rotatable bonds is 14. The summed E-state index contributed by atoms with van der Waals surface area (Å²) in [4.78, 5) is 14.6. The normalized spacial score (nSPS) is 13.0. The van der Waals surface area contributed by atoms with Crippen molar-refractivity contribution in [2.75, 3.05) is 27.3 Å². The summed E-state index contributed by atoms with van der Waals surface area (Å²) in [5.41, 5.74) is 1.62. The van der Waals surface area contributed by atoms with E-state index in [0.29, 0.717) is 12.6 Å². The van der Waals surface area contributed by atoms with Crippen LogP contribution in [0.25, 0.3) is 0 Å². The predicted octanol–water partition coefficient (Wildman–Crippen LogP) is 8.08. The van der Waals surface area contributed by atoms with Crippen LogP contribution in [-0.2, 0) is 9.53 Å². The Kier molecular flexibility index (Phi) is 34.2. The molecule has 5 nitrogen and oxygen atoms in total. The van der Waals surface area contributed by atoms with E-state index >= 15 is 0 Å². The Labute approximate surface area is 234 Å². The molecule has 220 valence electrons. The average Bonchev–Trinajstić information content (AvgIpc) is 2.87.